The summed E-state index contributed by atoms with van der Waals surface area (Å²) in [5.74, 6) is 0.892. The molecule has 8 nitrogen and oxygen atoms in total. The van der Waals surface area contributed by atoms with Crippen molar-refractivity contribution in [1.82, 2.24) is 15.1 Å². The molecule has 134 valence electrons. The summed E-state index contributed by atoms with van der Waals surface area (Å²) in [5, 5.41) is 14.7. The maximum absolute atomic E-state index is 12.5. The van der Waals surface area contributed by atoms with Gasteiger partial charge in [0.25, 0.3) is 6.47 Å². The Hall–Kier alpha value is -2.61. The minimum atomic E-state index is -0.338. The highest BCUT2D eigenvalue weighted by Gasteiger charge is 2.37. The molecule has 0 amide bonds. The lowest BCUT2D eigenvalue weighted by molar-refractivity contribution is -0.122. The number of carboxylic acid groups (broad SMARTS) is 1. The highest BCUT2D eigenvalue weighted by Crippen LogP contribution is 2.30. The van der Waals surface area contributed by atoms with Gasteiger partial charge in [0.1, 0.15) is 11.9 Å². The zero-order valence-corrected chi connectivity index (χ0v) is 14.0. The van der Waals surface area contributed by atoms with Crippen LogP contribution in [0.1, 0.15) is 23.3 Å². The third-order valence-electron chi connectivity index (χ3n) is 4.82. The number of aromatic nitrogens is 2. The molecule has 0 radical (unpaired) electrons. The highest BCUT2D eigenvalue weighted by atomic mass is 16.5. The number of hydrogen-bond donors (Lipinski definition) is 2. The molecule has 8 heteroatoms. The van der Waals surface area contributed by atoms with Gasteiger partial charge in [-0.3, -0.25) is 14.8 Å². The number of benzene rings is 1. The van der Waals surface area contributed by atoms with E-state index in [9.17, 15) is 4.79 Å². The fourth-order valence-corrected chi connectivity index (χ4v) is 3.52. The highest BCUT2D eigenvalue weighted by molar-refractivity contribution is 6.02. The fourth-order valence-electron chi connectivity index (χ4n) is 3.52. The monoisotopic (exact) mass is 347 g/mol. The SMILES string of the molecule is COc1ccc2c(C(=O)O[C@@H]3CN4CCC3CC4)n[nH]c2c1.O=CO. The van der Waals surface area contributed by atoms with E-state index >= 15 is 0 Å². The number of hydrogen-bond acceptors (Lipinski definition) is 6. The van der Waals surface area contributed by atoms with Gasteiger partial charge in [0.2, 0.25) is 0 Å². The van der Waals surface area contributed by atoms with Crippen LogP contribution in [-0.2, 0) is 9.53 Å². The molecule has 25 heavy (non-hydrogen) atoms. The van der Waals surface area contributed by atoms with Crippen molar-refractivity contribution < 1.29 is 24.2 Å². The molecule has 4 heterocycles. The molecule has 0 saturated carbocycles. The van der Waals surface area contributed by atoms with Gasteiger partial charge in [-0.05, 0) is 44.0 Å². The number of nitrogens with zero attached hydrogens (tertiary/aromatic N) is 2. The van der Waals surface area contributed by atoms with Crippen molar-refractivity contribution in [2.24, 2.45) is 5.92 Å². The zero-order valence-electron chi connectivity index (χ0n) is 14.0. The Morgan fingerprint density at radius 3 is 2.72 bits per heavy atom. The minimum absolute atomic E-state index is 0.00000152. The second-order valence-electron chi connectivity index (χ2n) is 6.17. The van der Waals surface area contributed by atoms with Gasteiger partial charge < -0.3 is 14.6 Å². The van der Waals surface area contributed by atoms with E-state index in [-0.39, 0.29) is 18.5 Å². The van der Waals surface area contributed by atoms with Gasteiger partial charge in [-0.2, -0.15) is 5.10 Å². The second kappa shape index (κ2) is 7.52. The summed E-state index contributed by atoms with van der Waals surface area (Å²) in [7, 11) is 1.61. The largest absolute Gasteiger partial charge is 0.497 e. The molecule has 0 unspecified atom stereocenters. The van der Waals surface area contributed by atoms with Crippen LogP contribution < -0.4 is 4.74 Å². The Morgan fingerprint density at radius 1 is 1.40 bits per heavy atom. The van der Waals surface area contributed by atoms with Crippen LogP contribution in [0.25, 0.3) is 10.9 Å². The van der Waals surface area contributed by atoms with E-state index in [1.807, 2.05) is 18.2 Å². The number of rotatable bonds is 3. The summed E-state index contributed by atoms with van der Waals surface area (Å²) < 4.78 is 10.9. The summed E-state index contributed by atoms with van der Waals surface area (Å²) in [6.45, 7) is 2.86. The van der Waals surface area contributed by atoms with Crippen molar-refractivity contribution in [3.05, 3.63) is 23.9 Å². The molecule has 2 bridgehead atoms. The Labute approximate surface area is 144 Å². The van der Waals surface area contributed by atoms with E-state index in [2.05, 4.69) is 15.1 Å². The molecule has 1 aromatic heterocycles. The third kappa shape index (κ3) is 3.58. The van der Waals surface area contributed by atoms with Crippen LogP contribution in [0.15, 0.2) is 18.2 Å². The number of aromatic amines is 1. The predicted octanol–water partition coefficient (Wildman–Crippen LogP) is 1.52. The average molecular weight is 347 g/mol. The first-order chi connectivity index (χ1) is 12.2. The van der Waals surface area contributed by atoms with Crippen molar-refractivity contribution in [2.75, 3.05) is 26.7 Å². The van der Waals surface area contributed by atoms with Crippen LogP contribution in [0.2, 0.25) is 0 Å². The number of H-pyrrole nitrogens is 1. The Kier molecular flexibility index (Phi) is 5.18. The van der Waals surface area contributed by atoms with E-state index in [0.717, 1.165) is 49.1 Å². The van der Waals surface area contributed by atoms with Crippen LogP contribution in [0.5, 0.6) is 5.75 Å². The first-order valence-electron chi connectivity index (χ1n) is 8.19. The van der Waals surface area contributed by atoms with E-state index in [1.54, 1.807) is 7.11 Å². The molecule has 0 aliphatic carbocycles. The summed E-state index contributed by atoms with van der Waals surface area (Å²) >= 11 is 0. The average Bonchev–Trinajstić information content (AvgIpc) is 3.06. The van der Waals surface area contributed by atoms with Crippen molar-refractivity contribution in [3.63, 3.8) is 0 Å². The number of carbonyl (C=O) groups excluding carboxylic acids is 1. The number of carbonyl (C=O) groups is 2. The summed E-state index contributed by atoms with van der Waals surface area (Å²) in [5.41, 5.74) is 1.13. The van der Waals surface area contributed by atoms with Crippen LogP contribution in [0.4, 0.5) is 0 Å². The molecule has 1 aromatic carbocycles. The smallest absolute Gasteiger partial charge is 0.359 e. The van der Waals surface area contributed by atoms with Gasteiger partial charge in [-0.15, -0.1) is 0 Å². The lowest BCUT2D eigenvalue weighted by Gasteiger charge is -2.43. The van der Waals surface area contributed by atoms with Gasteiger partial charge in [-0.25, -0.2) is 4.79 Å². The van der Waals surface area contributed by atoms with Gasteiger partial charge in [-0.1, -0.05) is 0 Å². The molecule has 2 aromatic rings. The quantitative estimate of drug-likeness (QED) is 0.641. The maximum atomic E-state index is 12.5. The molecule has 3 saturated heterocycles. The first kappa shape index (κ1) is 17.2. The third-order valence-corrected chi connectivity index (χ3v) is 4.82. The molecular weight excluding hydrogens is 326 g/mol. The normalized spacial score (nSPS) is 24.3. The number of ether oxygens (including phenoxy) is 2. The number of piperidine rings is 3. The van der Waals surface area contributed by atoms with Crippen LogP contribution >= 0.6 is 0 Å². The first-order valence-corrected chi connectivity index (χ1v) is 8.19. The van der Waals surface area contributed by atoms with Crippen molar-refractivity contribution >= 4 is 23.3 Å². The number of nitrogens with one attached hydrogen (secondary N) is 1. The van der Waals surface area contributed by atoms with E-state index in [4.69, 9.17) is 19.4 Å². The lowest BCUT2D eigenvalue weighted by Crippen LogP contribution is -2.51. The predicted molar refractivity (Wildman–Crippen MR) is 89.7 cm³/mol. The van der Waals surface area contributed by atoms with Crippen LogP contribution in [0.3, 0.4) is 0 Å². The van der Waals surface area contributed by atoms with Crippen LogP contribution in [0, 0.1) is 5.92 Å². The number of methoxy groups -OCH3 is 1. The van der Waals surface area contributed by atoms with Gasteiger partial charge >= 0.3 is 5.97 Å². The number of esters is 1. The molecule has 3 aliphatic rings. The Bertz CT molecular complexity index is 752. The van der Waals surface area contributed by atoms with Crippen LogP contribution in [-0.4, -0.2) is 65.5 Å². The Morgan fingerprint density at radius 2 is 2.12 bits per heavy atom. The summed E-state index contributed by atoms with van der Waals surface area (Å²) in [6.07, 6.45) is 2.24. The lowest BCUT2D eigenvalue weighted by atomic mass is 9.86. The van der Waals surface area contributed by atoms with Gasteiger partial charge in [0, 0.05) is 18.0 Å². The Balaban J connectivity index is 0.000000569. The summed E-state index contributed by atoms with van der Waals surface area (Å²) in [4.78, 5) is 23.2. The molecule has 2 N–H and O–H groups in total. The molecule has 3 fully saturated rings. The van der Waals surface area contributed by atoms with E-state index in [0.29, 0.717) is 11.6 Å². The zero-order chi connectivity index (χ0) is 17.8. The van der Waals surface area contributed by atoms with Crippen molar-refractivity contribution in [1.29, 1.82) is 0 Å². The topological polar surface area (TPSA) is 105 Å². The molecule has 3 aliphatic heterocycles. The van der Waals surface area contributed by atoms with Crippen molar-refractivity contribution in [3.8, 4) is 5.75 Å². The van der Waals surface area contributed by atoms with Gasteiger partial charge in [0.15, 0.2) is 5.69 Å². The second-order valence-corrected chi connectivity index (χ2v) is 6.17. The minimum Gasteiger partial charge on any atom is -0.497 e. The van der Waals surface area contributed by atoms with Crippen molar-refractivity contribution in [2.45, 2.75) is 18.9 Å². The van der Waals surface area contributed by atoms with E-state index in [1.165, 1.54) is 0 Å². The summed E-state index contributed by atoms with van der Waals surface area (Å²) in [6, 6.07) is 5.49. The molecular formula is C17H21N3O5. The van der Waals surface area contributed by atoms with E-state index < -0.39 is 0 Å². The standard InChI is InChI=1S/C16H19N3O3.CH2O2/c1-21-11-2-3-12-13(8-11)17-18-15(12)16(20)22-14-9-19-6-4-10(14)5-7-19;2-1-3/h2-3,8,10,14H,4-7,9H2,1H3,(H,17,18);1H,(H,2,3)/t14-;/m1./s1. The molecule has 0 spiro atoms. The molecule has 1 atom stereocenters. The number of fused-ring (bicyclic) bond motifs is 4. The maximum Gasteiger partial charge on any atom is 0.359 e. The molecule has 5 rings (SSSR count). The fraction of sp³-hybridized carbons (Fsp3) is 0.471. The van der Waals surface area contributed by atoms with Gasteiger partial charge in [0.05, 0.1) is 12.6 Å².